The molecule has 2 fully saturated rings. The summed E-state index contributed by atoms with van der Waals surface area (Å²) < 4.78 is 37.3. The predicted molar refractivity (Wildman–Crippen MR) is 91.6 cm³/mol. The highest BCUT2D eigenvalue weighted by Crippen LogP contribution is 2.60. The number of allylic oxidation sites excluding steroid dienone is 1. The summed E-state index contributed by atoms with van der Waals surface area (Å²) >= 11 is 5.24. The Morgan fingerprint density at radius 3 is 3.04 bits per heavy atom. The molecule has 3 heterocycles. The first kappa shape index (κ1) is 19.2. The molecule has 2 saturated heterocycles. The van der Waals surface area contributed by atoms with Crippen molar-refractivity contribution in [1.82, 2.24) is 10.2 Å². The van der Waals surface area contributed by atoms with E-state index in [1.54, 1.807) is 13.8 Å². The molecule has 13 heteroatoms. The molecular weight excluding hydrogens is 388 g/mol. The number of carbonyl (C=O) groups excluding carboxylic acids is 1. The molecule has 0 aromatic rings. The summed E-state index contributed by atoms with van der Waals surface area (Å²) in [6.45, 7) is 3.44. The van der Waals surface area contributed by atoms with Crippen LogP contribution in [0.4, 0.5) is 9.18 Å². The molecule has 142 valence electrons. The smallest absolute Gasteiger partial charge is 0.328 e. The molecule has 0 aromatic heterocycles. The second-order valence-electron chi connectivity index (χ2n) is 6.07. The van der Waals surface area contributed by atoms with Gasteiger partial charge in [0, 0.05) is 16.8 Å². The predicted octanol–water partition coefficient (Wildman–Crippen LogP) is 2.80. The minimum absolute atomic E-state index is 0.314. The van der Waals surface area contributed by atoms with Crippen molar-refractivity contribution in [3.63, 3.8) is 0 Å². The van der Waals surface area contributed by atoms with Crippen molar-refractivity contribution in [2.45, 2.75) is 44.2 Å². The van der Waals surface area contributed by atoms with Gasteiger partial charge in [-0.25, -0.2) is 9.18 Å². The maximum absolute atomic E-state index is 15.2. The van der Waals surface area contributed by atoms with Crippen molar-refractivity contribution >= 4 is 24.6 Å². The fourth-order valence-corrected chi connectivity index (χ4v) is 5.27. The maximum atomic E-state index is 15.2. The summed E-state index contributed by atoms with van der Waals surface area (Å²) in [5.41, 5.74) is 7.43. The van der Waals surface area contributed by atoms with Gasteiger partial charge >= 0.3 is 12.7 Å². The molecule has 0 saturated carbocycles. The van der Waals surface area contributed by atoms with Crippen LogP contribution >= 0.6 is 6.72 Å². The Morgan fingerprint density at radius 1 is 1.69 bits per heavy atom. The van der Waals surface area contributed by atoms with E-state index >= 15 is 4.39 Å². The van der Waals surface area contributed by atoms with Gasteiger partial charge in [-0.2, -0.15) is 0 Å². The molecule has 5 atom stereocenters. The van der Waals surface area contributed by atoms with E-state index in [1.807, 2.05) is 0 Å². The van der Waals surface area contributed by atoms with E-state index in [9.17, 15) is 4.79 Å². The standard InChI is InChI=1S/C13H17FN5O5PS/c1-7(2)23-25(26)21-6-13(17-18-15)10(24-25)9(14)11(22-13)19-5-4-8(3)16-12(19)20/h4-5,7,9-11H,3,6H2,1-2H3,(H,16,20)/t9-,10+,11-,13-,25?/m1/s1. The van der Waals surface area contributed by atoms with E-state index in [4.69, 9.17) is 35.6 Å². The lowest BCUT2D eigenvalue weighted by molar-refractivity contribution is -0.140. The minimum Gasteiger partial charge on any atom is -0.337 e. The third-order valence-electron chi connectivity index (χ3n) is 3.77. The Hall–Kier alpha value is -1.52. The molecular formula is C13H17FN5O5PS. The second-order valence-corrected chi connectivity index (χ2v) is 8.98. The van der Waals surface area contributed by atoms with Crippen LogP contribution in [0.25, 0.3) is 10.4 Å². The third kappa shape index (κ3) is 3.37. The minimum atomic E-state index is -3.26. The van der Waals surface area contributed by atoms with Crippen LogP contribution in [0.1, 0.15) is 13.8 Å². The number of hydrogen-bond acceptors (Lipinski definition) is 7. The highest BCUT2D eigenvalue weighted by atomic mass is 32.5. The molecule has 3 rings (SSSR count). The van der Waals surface area contributed by atoms with Crippen molar-refractivity contribution in [3.8, 4) is 0 Å². The van der Waals surface area contributed by atoms with Gasteiger partial charge in [0.2, 0.25) is 5.72 Å². The monoisotopic (exact) mass is 405 g/mol. The molecule has 0 aliphatic carbocycles. The first-order valence-corrected chi connectivity index (χ1v) is 10.2. The van der Waals surface area contributed by atoms with Crippen LogP contribution in [0.2, 0.25) is 0 Å². The Balaban J connectivity index is 1.91. The van der Waals surface area contributed by atoms with Gasteiger partial charge in [-0.3, -0.25) is 9.42 Å². The molecule has 2 amide bonds. The summed E-state index contributed by atoms with van der Waals surface area (Å²) in [4.78, 5) is 15.8. The lowest BCUT2D eigenvalue weighted by Gasteiger charge is -2.39. The number of amides is 2. The molecule has 0 spiro atoms. The Bertz CT molecular complexity index is 759. The second kappa shape index (κ2) is 6.90. The largest absolute Gasteiger partial charge is 0.337 e. The average Bonchev–Trinajstić information content (AvgIpc) is 2.80. The highest BCUT2D eigenvalue weighted by molar-refractivity contribution is 8.07. The van der Waals surface area contributed by atoms with Crippen LogP contribution in [0.15, 0.2) is 29.7 Å². The highest BCUT2D eigenvalue weighted by Gasteiger charge is 2.63. The lowest BCUT2D eigenvalue weighted by atomic mass is 10.1. The quantitative estimate of drug-likeness (QED) is 0.333. The van der Waals surface area contributed by atoms with Gasteiger partial charge in [-0.05, 0) is 37.3 Å². The van der Waals surface area contributed by atoms with Crippen molar-refractivity contribution in [3.05, 3.63) is 35.0 Å². The van der Waals surface area contributed by atoms with Gasteiger partial charge < -0.3 is 19.1 Å². The van der Waals surface area contributed by atoms with Crippen LogP contribution in [-0.4, -0.2) is 47.9 Å². The number of rotatable bonds is 4. The van der Waals surface area contributed by atoms with Crippen LogP contribution in [0.3, 0.4) is 0 Å². The number of urea groups is 1. The Kier molecular flexibility index (Phi) is 5.11. The summed E-state index contributed by atoms with van der Waals surface area (Å²) in [5, 5.41) is 5.98. The zero-order valence-corrected chi connectivity index (χ0v) is 15.7. The van der Waals surface area contributed by atoms with E-state index < -0.39 is 37.0 Å². The molecule has 0 aromatic carbocycles. The SMILES string of the molecule is C=C1C=CN([C@@H]2O[C@]3(N=[N+]=[N-])COP(=S)(OC(C)C)O[C@H]3[C@H]2F)C(=O)N1. The molecule has 10 nitrogen and oxygen atoms in total. The zero-order valence-electron chi connectivity index (χ0n) is 13.9. The maximum Gasteiger partial charge on any atom is 0.328 e. The van der Waals surface area contributed by atoms with E-state index in [-0.39, 0.29) is 12.7 Å². The molecule has 0 radical (unpaired) electrons. The number of azide groups is 1. The number of halogens is 1. The molecule has 3 aliphatic heterocycles. The number of nitrogens with one attached hydrogen (secondary N) is 1. The van der Waals surface area contributed by atoms with Crippen molar-refractivity contribution in [2.24, 2.45) is 5.11 Å². The van der Waals surface area contributed by atoms with E-state index in [0.717, 1.165) is 4.90 Å². The van der Waals surface area contributed by atoms with Gasteiger partial charge in [0.25, 0.3) is 0 Å². The average molecular weight is 405 g/mol. The van der Waals surface area contributed by atoms with Crippen LogP contribution in [-0.2, 0) is 30.1 Å². The number of ether oxygens (including phenoxy) is 1. The summed E-state index contributed by atoms with van der Waals surface area (Å²) in [5.74, 6) is 0. The summed E-state index contributed by atoms with van der Waals surface area (Å²) in [6, 6.07) is -0.640. The van der Waals surface area contributed by atoms with Crippen molar-refractivity contribution in [2.75, 3.05) is 6.61 Å². The van der Waals surface area contributed by atoms with E-state index in [1.165, 1.54) is 12.3 Å². The van der Waals surface area contributed by atoms with E-state index in [2.05, 4.69) is 21.9 Å². The van der Waals surface area contributed by atoms with Gasteiger partial charge in [-0.15, -0.1) is 0 Å². The zero-order chi connectivity index (χ0) is 19.1. The Morgan fingerprint density at radius 2 is 2.42 bits per heavy atom. The first-order valence-electron chi connectivity index (χ1n) is 7.66. The number of hydrogen-bond donors (Lipinski definition) is 1. The number of nitrogens with zero attached hydrogens (tertiary/aromatic N) is 4. The molecule has 1 unspecified atom stereocenters. The van der Waals surface area contributed by atoms with Gasteiger partial charge in [-0.1, -0.05) is 11.7 Å². The van der Waals surface area contributed by atoms with E-state index in [0.29, 0.717) is 5.70 Å². The summed E-state index contributed by atoms with van der Waals surface area (Å²) in [6.07, 6.45) is -2.16. The van der Waals surface area contributed by atoms with Gasteiger partial charge in [0.05, 0.1) is 12.7 Å². The van der Waals surface area contributed by atoms with Crippen LogP contribution in [0, 0.1) is 0 Å². The van der Waals surface area contributed by atoms with Gasteiger partial charge in [0.15, 0.2) is 12.4 Å². The first-order chi connectivity index (χ1) is 12.2. The number of carbonyl (C=O) groups is 1. The molecule has 3 aliphatic rings. The number of alkyl halides is 1. The fraction of sp³-hybridized carbons (Fsp3) is 0.615. The van der Waals surface area contributed by atoms with Gasteiger partial charge in [0.1, 0.15) is 6.10 Å². The number of fused-ring (bicyclic) bond motifs is 1. The fourth-order valence-electron chi connectivity index (χ4n) is 2.73. The summed E-state index contributed by atoms with van der Waals surface area (Å²) in [7, 11) is 0. The third-order valence-corrected chi connectivity index (χ3v) is 6.21. The van der Waals surface area contributed by atoms with Crippen molar-refractivity contribution < 1.29 is 27.5 Å². The topological polar surface area (TPSA) is 118 Å². The molecule has 26 heavy (non-hydrogen) atoms. The van der Waals surface area contributed by atoms with Crippen LogP contribution in [0.5, 0.6) is 0 Å². The van der Waals surface area contributed by atoms with Crippen molar-refractivity contribution in [1.29, 1.82) is 0 Å². The lowest BCUT2D eigenvalue weighted by Crippen LogP contribution is -2.49. The van der Waals surface area contributed by atoms with Crippen LogP contribution < -0.4 is 5.32 Å². The normalized spacial score (nSPS) is 39.5. The Labute approximate surface area is 153 Å². The molecule has 0 bridgehead atoms. The molecule has 1 N–H and O–H groups in total.